The van der Waals surface area contributed by atoms with Gasteiger partial charge in [-0.3, -0.25) is 4.79 Å². The van der Waals surface area contributed by atoms with Crippen molar-refractivity contribution < 1.29 is 20.1 Å². The molecular weight excluding hydrogens is 340 g/mol. The molecule has 2 aliphatic rings. The van der Waals surface area contributed by atoms with E-state index in [0.717, 1.165) is 70.6 Å². The lowest BCUT2D eigenvalue weighted by Gasteiger charge is -2.45. The topological polar surface area (TPSA) is 77.8 Å². The van der Waals surface area contributed by atoms with Crippen molar-refractivity contribution in [2.45, 2.75) is 103 Å². The zero-order chi connectivity index (χ0) is 19.7. The van der Waals surface area contributed by atoms with E-state index < -0.39 is 12.2 Å². The van der Waals surface area contributed by atoms with Gasteiger partial charge in [-0.05, 0) is 37.5 Å². The van der Waals surface area contributed by atoms with Gasteiger partial charge in [0.2, 0.25) is 0 Å². The molecule has 4 heteroatoms. The summed E-state index contributed by atoms with van der Waals surface area (Å²) in [6.07, 6.45) is 15.6. The Morgan fingerprint density at radius 3 is 2.48 bits per heavy atom. The molecule has 2 rings (SSSR count). The smallest absolute Gasteiger partial charge is 0.139 e. The number of rotatable bonds is 13. The van der Waals surface area contributed by atoms with Crippen molar-refractivity contribution in [1.82, 2.24) is 0 Å². The summed E-state index contributed by atoms with van der Waals surface area (Å²) in [5, 5.41) is 29.9. The largest absolute Gasteiger partial charge is 0.396 e. The molecule has 0 aromatic heterocycles. The molecule has 3 N–H and O–H groups in total. The molecule has 0 spiro atoms. The maximum Gasteiger partial charge on any atom is 0.139 e. The lowest BCUT2D eigenvalue weighted by Crippen LogP contribution is -2.40. The molecule has 0 amide bonds. The molecule has 0 radical (unpaired) electrons. The van der Waals surface area contributed by atoms with E-state index in [-0.39, 0.29) is 36.1 Å². The van der Waals surface area contributed by atoms with E-state index in [9.17, 15) is 15.0 Å². The minimum Gasteiger partial charge on any atom is -0.396 e. The minimum absolute atomic E-state index is 0.0300. The van der Waals surface area contributed by atoms with Crippen LogP contribution in [0.15, 0.2) is 12.2 Å². The van der Waals surface area contributed by atoms with E-state index in [4.69, 9.17) is 5.11 Å². The molecule has 156 valence electrons. The molecule has 0 saturated heterocycles. The van der Waals surface area contributed by atoms with Crippen LogP contribution in [-0.4, -0.2) is 39.9 Å². The van der Waals surface area contributed by atoms with Gasteiger partial charge in [-0.1, -0.05) is 64.0 Å². The first-order chi connectivity index (χ1) is 13.0. The van der Waals surface area contributed by atoms with Gasteiger partial charge in [-0.2, -0.15) is 0 Å². The van der Waals surface area contributed by atoms with Gasteiger partial charge in [0.15, 0.2) is 0 Å². The standard InChI is InChI=1S/C23H40O4/c1-2-3-13-23(14-9-15-23)22(27)12-11-19-18(20(25)17-21(19)26)10-7-5-4-6-8-16-24/h11-12,18-19,21-22,24,26-27H,2-10,13-17H2,1H3/b12-11+/t18-,19-,21-,22+/m1/s1. The molecule has 0 aliphatic heterocycles. The first kappa shape index (κ1) is 22.6. The van der Waals surface area contributed by atoms with Crippen molar-refractivity contribution >= 4 is 5.78 Å². The summed E-state index contributed by atoms with van der Waals surface area (Å²) < 4.78 is 0. The first-order valence-corrected chi connectivity index (χ1v) is 11.2. The van der Waals surface area contributed by atoms with Gasteiger partial charge in [0.25, 0.3) is 0 Å². The van der Waals surface area contributed by atoms with Crippen molar-refractivity contribution in [2.24, 2.45) is 17.3 Å². The number of Topliss-reactive ketones (excluding diaryl/α,β-unsaturated/α-hetero) is 1. The highest BCUT2D eigenvalue weighted by molar-refractivity contribution is 5.84. The monoisotopic (exact) mass is 380 g/mol. The fraction of sp³-hybridized carbons (Fsp3) is 0.870. The summed E-state index contributed by atoms with van der Waals surface area (Å²) >= 11 is 0. The zero-order valence-corrected chi connectivity index (χ0v) is 17.1. The Hall–Kier alpha value is -0.710. The fourth-order valence-electron chi connectivity index (χ4n) is 4.89. The molecule has 2 saturated carbocycles. The predicted molar refractivity (Wildman–Crippen MR) is 108 cm³/mol. The SMILES string of the molecule is CCCCC1([C@@H](O)/C=C/[C@H]2[C@H](O)CC(=O)[C@@H]2CCCCCCCO)CCC1. The zero-order valence-electron chi connectivity index (χ0n) is 17.1. The molecule has 4 nitrogen and oxygen atoms in total. The third-order valence-corrected chi connectivity index (χ3v) is 6.93. The Morgan fingerprint density at radius 2 is 1.85 bits per heavy atom. The van der Waals surface area contributed by atoms with Gasteiger partial charge >= 0.3 is 0 Å². The maximum absolute atomic E-state index is 12.3. The molecule has 0 bridgehead atoms. The van der Waals surface area contributed by atoms with Crippen LogP contribution >= 0.6 is 0 Å². The molecule has 0 aromatic carbocycles. The Balaban J connectivity index is 1.87. The van der Waals surface area contributed by atoms with Crippen LogP contribution in [0, 0.1) is 17.3 Å². The van der Waals surface area contributed by atoms with Crippen molar-refractivity contribution in [2.75, 3.05) is 6.61 Å². The first-order valence-electron chi connectivity index (χ1n) is 11.2. The number of carbonyl (C=O) groups is 1. The van der Waals surface area contributed by atoms with Gasteiger partial charge < -0.3 is 15.3 Å². The second kappa shape index (κ2) is 11.3. The van der Waals surface area contributed by atoms with E-state index in [1.807, 2.05) is 12.2 Å². The quantitative estimate of drug-likeness (QED) is 0.331. The van der Waals surface area contributed by atoms with Crippen LogP contribution in [0.2, 0.25) is 0 Å². The van der Waals surface area contributed by atoms with Crippen molar-refractivity contribution in [3.63, 3.8) is 0 Å². The molecule has 2 fully saturated rings. The Bertz CT molecular complexity index is 469. The van der Waals surface area contributed by atoms with Crippen LogP contribution in [0.4, 0.5) is 0 Å². The summed E-state index contributed by atoms with van der Waals surface area (Å²) in [4.78, 5) is 12.3. The molecule has 4 atom stereocenters. The number of hydrogen-bond acceptors (Lipinski definition) is 4. The van der Waals surface area contributed by atoms with Crippen LogP contribution in [-0.2, 0) is 4.79 Å². The Morgan fingerprint density at radius 1 is 1.15 bits per heavy atom. The van der Waals surface area contributed by atoms with Crippen LogP contribution in [0.25, 0.3) is 0 Å². The molecule has 0 aromatic rings. The van der Waals surface area contributed by atoms with Crippen molar-refractivity contribution in [3.8, 4) is 0 Å². The van der Waals surface area contributed by atoms with Crippen LogP contribution in [0.5, 0.6) is 0 Å². The number of unbranched alkanes of at least 4 members (excludes halogenated alkanes) is 5. The highest BCUT2D eigenvalue weighted by atomic mass is 16.3. The number of carbonyl (C=O) groups excluding carboxylic acids is 1. The summed E-state index contributed by atoms with van der Waals surface area (Å²) in [6, 6.07) is 0. The Labute approximate surface area is 165 Å². The van der Waals surface area contributed by atoms with Crippen molar-refractivity contribution in [1.29, 1.82) is 0 Å². The summed E-state index contributed by atoms with van der Waals surface area (Å²) in [7, 11) is 0. The van der Waals surface area contributed by atoms with Gasteiger partial charge in [-0.15, -0.1) is 0 Å². The van der Waals surface area contributed by atoms with E-state index in [0.29, 0.717) is 0 Å². The summed E-state index contributed by atoms with van der Waals surface area (Å²) in [5.74, 6) is -0.0755. The van der Waals surface area contributed by atoms with Gasteiger partial charge in [0.1, 0.15) is 5.78 Å². The highest BCUT2D eigenvalue weighted by Crippen LogP contribution is 2.48. The average Bonchev–Trinajstić information content (AvgIpc) is 2.88. The van der Waals surface area contributed by atoms with Gasteiger partial charge in [0, 0.05) is 24.9 Å². The Kier molecular flexibility index (Phi) is 9.47. The molecule has 2 aliphatic carbocycles. The molecule has 0 unspecified atom stereocenters. The maximum atomic E-state index is 12.3. The van der Waals surface area contributed by atoms with E-state index in [2.05, 4.69) is 6.92 Å². The predicted octanol–water partition coefficient (Wildman–Crippen LogP) is 4.16. The molecule has 0 heterocycles. The fourth-order valence-corrected chi connectivity index (χ4v) is 4.89. The summed E-state index contributed by atoms with van der Waals surface area (Å²) in [6.45, 7) is 2.44. The third-order valence-electron chi connectivity index (χ3n) is 6.93. The second-order valence-corrected chi connectivity index (χ2v) is 8.85. The molecule has 27 heavy (non-hydrogen) atoms. The van der Waals surface area contributed by atoms with Crippen LogP contribution in [0.3, 0.4) is 0 Å². The number of aliphatic hydroxyl groups is 3. The van der Waals surface area contributed by atoms with Crippen LogP contribution in [0.1, 0.15) is 90.4 Å². The van der Waals surface area contributed by atoms with Crippen molar-refractivity contribution in [3.05, 3.63) is 12.2 Å². The average molecular weight is 381 g/mol. The van der Waals surface area contributed by atoms with Gasteiger partial charge in [-0.25, -0.2) is 0 Å². The van der Waals surface area contributed by atoms with E-state index in [1.165, 1.54) is 6.42 Å². The molecular formula is C23H40O4. The summed E-state index contributed by atoms with van der Waals surface area (Å²) in [5.41, 5.74) is 0.0300. The lowest BCUT2D eigenvalue weighted by molar-refractivity contribution is -0.121. The minimum atomic E-state index is -0.603. The normalized spacial score (nSPS) is 28.6. The van der Waals surface area contributed by atoms with E-state index in [1.54, 1.807) is 0 Å². The number of aliphatic hydroxyl groups excluding tert-OH is 3. The number of hydrogen-bond donors (Lipinski definition) is 3. The highest BCUT2D eigenvalue weighted by Gasteiger charge is 2.43. The third kappa shape index (κ3) is 6.13. The number of ketones is 1. The van der Waals surface area contributed by atoms with Crippen LogP contribution < -0.4 is 0 Å². The second-order valence-electron chi connectivity index (χ2n) is 8.85. The van der Waals surface area contributed by atoms with Gasteiger partial charge in [0.05, 0.1) is 12.2 Å². The lowest BCUT2D eigenvalue weighted by atomic mass is 9.62. The van der Waals surface area contributed by atoms with E-state index >= 15 is 0 Å².